The molecule has 0 saturated heterocycles. The third-order valence-corrected chi connectivity index (χ3v) is 3.37. The van der Waals surface area contributed by atoms with Crippen molar-refractivity contribution in [3.8, 4) is 5.75 Å². The number of rotatable bonds is 5. The summed E-state index contributed by atoms with van der Waals surface area (Å²) in [7, 11) is 0. The zero-order chi connectivity index (χ0) is 15.5. The first-order chi connectivity index (χ1) is 9.92. The molecule has 21 heavy (non-hydrogen) atoms. The second-order valence-corrected chi connectivity index (χ2v) is 4.93. The quantitative estimate of drug-likeness (QED) is 0.791. The number of benzene rings is 1. The van der Waals surface area contributed by atoms with E-state index in [1.165, 1.54) is 18.2 Å². The summed E-state index contributed by atoms with van der Waals surface area (Å²) < 4.78 is 44.7. The minimum atomic E-state index is -4.85. The van der Waals surface area contributed by atoms with E-state index in [9.17, 15) is 18.0 Å². The van der Waals surface area contributed by atoms with Crippen LogP contribution in [0.5, 0.6) is 5.75 Å². The Balaban J connectivity index is 2.37. The molecule has 0 amide bonds. The molecule has 0 spiro atoms. The number of aryl methyl sites for hydroxylation is 1. The average molecular weight is 316 g/mol. The van der Waals surface area contributed by atoms with Gasteiger partial charge in [-0.3, -0.25) is 4.79 Å². The van der Waals surface area contributed by atoms with Crippen molar-refractivity contribution < 1.29 is 22.7 Å². The van der Waals surface area contributed by atoms with E-state index in [4.69, 9.17) is 0 Å². The molecule has 0 unspecified atom stereocenters. The minimum absolute atomic E-state index is 0.154. The van der Waals surface area contributed by atoms with Crippen molar-refractivity contribution in [1.82, 2.24) is 9.59 Å². The summed E-state index contributed by atoms with van der Waals surface area (Å²) in [6.07, 6.45) is -3.55. The lowest BCUT2D eigenvalue weighted by Crippen LogP contribution is -2.19. The number of nitrogens with zero attached hydrogens (tertiary/aromatic N) is 2. The lowest BCUT2D eigenvalue weighted by Gasteiger charge is -2.12. The van der Waals surface area contributed by atoms with Crippen LogP contribution in [-0.2, 0) is 6.42 Å². The van der Waals surface area contributed by atoms with E-state index in [0.717, 1.165) is 24.0 Å². The topological polar surface area (TPSA) is 52.1 Å². The second-order valence-electron chi connectivity index (χ2n) is 4.17. The van der Waals surface area contributed by atoms with Gasteiger partial charge in [-0.15, -0.1) is 18.3 Å². The lowest BCUT2D eigenvalue weighted by atomic mass is 10.1. The molecule has 4 nitrogen and oxygen atoms in total. The van der Waals surface area contributed by atoms with Crippen molar-refractivity contribution in [2.75, 3.05) is 0 Å². The number of alkyl halides is 3. The summed E-state index contributed by atoms with van der Waals surface area (Å²) in [6.45, 7) is 1.91. The number of hydrogen-bond donors (Lipinski definition) is 0. The van der Waals surface area contributed by atoms with Gasteiger partial charge in [0.1, 0.15) is 10.6 Å². The van der Waals surface area contributed by atoms with Crippen LogP contribution < -0.4 is 4.74 Å². The highest BCUT2D eigenvalue weighted by Gasteiger charge is 2.33. The highest BCUT2D eigenvalue weighted by atomic mass is 32.1. The zero-order valence-electron chi connectivity index (χ0n) is 11.0. The summed E-state index contributed by atoms with van der Waals surface area (Å²) in [5, 5.41) is 3.84. The van der Waals surface area contributed by atoms with E-state index in [-0.39, 0.29) is 10.4 Å². The van der Waals surface area contributed by atoms with Crippen LogP contribution in [0.2, 0.25) is 0 Å². The summed E-state index contributed by atoms with van der Waals surface area (Å²) in [5.74, 6) is -1.08. The number of aromatic nitrogens is 2. The molecule has 112 valence electrons. The first-order valence-electron chi connectivity index (χ1n) is 6.13. The van der Waals surface area contributed by atoms with Gasteiger partial charge in [-0.05, 0) is 30.1 Å². The van der Waals surface area contributed by atoms with Crippen LogP contribution in [-0.4, -0.2) is 21.7 Å². The van der Waals surface area contributed by atoms with Crippen LogP contribution in [0.4, 0.5) is 13.2 Å². The molecule has 2 rings (SSSR count). The van der Waals surface area contributed by atoms with Crippen molar-refractivity contribution in [2.24, 2.45) is 0 Å². The van der Waals surface area contributed by atoms with Gasteiger partial charge in [-0.1, -0.05) is 30.0 Å². The Morgan fingerprint density at radius 3 is 2.71 bits per heavy atom. The van der Waals surface area contributed by atoms with Crippen LogP contribution in [0, 0.1) is 0 Å². The number of carbonyl (C=O) groups excluding carboxylic acids is 1. The van der Waals surface area contributed by atoms with Crippen LogP contribution in [0.15, 0.2) is 24.3 Å². The molecular weight excluding hydrogens is 305 g/mol. The number of hydrogen-bond acceptors (Lipinski definition) is 5. The number of carbonyl (C=O) groups is 1. The van der Waals surface area contributed by atoms with Crippen molar-refractivity contribution in [2.45, 2.75) is 26.1 Å². The Hall–Kier alpha value is -1.96. The fraction of sp³-hybridized carbons (Fsp3) is 0.308. The van der Waals surface area contributed by atoms with Gasteiger partial charge in [0.15, 0.2) is 0 Å². The molecule has 0 aliphatic carbocycles. The van der Waals surface area contributed by atoms with Gasteiger partial charge in [0.05, 0.1) is 11.3 Å². The van der Waals surface area contributed by atoms with E-state index in [1.54, 1.807) is 0 Å². The zero-order valence-corrected chi connectivity index (χ0v) is 11.8. The smallest absolute Gasteiger partial charge is 0.405 e. The minimum Gasteiger partial charge on any atom is -0.405 e. The fourth-order valence-electron chi connectivity index (χ4n) is 1.77. The number of halogens is 3. The van der Waals surface area contributed by atoms with Crippen LogP contribution >= 0.6 is 11.5 Å². The van der Waals surface area contributed by atoms with Gasteiger partial charge >= 0.3 is 6.36 Å². The summed E-state index contributed by atoms with van der Waals surface area (Å²) >= 11 is 0.872. The molecule has 2 aromatic rings. The van der Waals surface area contributed by atoms with Crippen LogP contribution in [0.3, 0.4) is 0 Å². The molecular formula is C13H11F3N2O2S. The molecule has 0 bridgehead atoms. The van der Waals surface area contributed by atoms with Crippen LogP contribution in [0.25, 0.3) is 0 Å². The molecule has 0 radical (unpaired) electrons. The maximum absolute atomic E-state index is 12.4. The molecule has 0 fully saturated rings. The van der Waals surface area contributed by atoms with E-state index in [1.807, 2.05) is 6.92 Å². The Labute approximate surface area is 122 Å². The van der Waals surface area contributed by atoms with E-state index in [0.29, 0.717) is 12.1 Å². The first-order valence-corrected chi connectivity index (χ1v) is 6.90. The second kappa shape index (κ2) is 6.21. The molecule has 8 heteroatoms. The number of ketones is 1. The maximum atomic E-state index is 12.4. The van der Waals surface area contributed by atoms with Gasteiger partial charge in [0.25, 0.3) is 0 Å². The molecule has 0 saturated carbocycles. The molecule has 0 aliphatic rings. The predicted molar refractivity (Wildman–Crippen MR) is 70.5 cm³/mol. The van der Waals surface area contributed by atoms with Gasteiger partial charge < -0.3 is 4.74 Å². The first kappa shape index (κ1) is 15.4. The molecule has 1 heterocycles. The van der Waals surface area contributed by atoms with Gasteiger partial charge in [-0.2, -0.15) is 0 Å². The lowest BCUT2D eigenvalue weighted by molar-refractivity contribution is -0.274. The standard InChI is InChI=1S/C13H11F3N2O2S/c1-2-5-9-12(21-18-17-9)11(19)8-6-3-4-7-10(8)20-13(14,15)16/h3-4,6-7H,2,5H2,1H3. The molecule has 0 aliphatic heterocycles. The summed E-state index contributed by atoms with van der Waals surface area (Å²) in [6, 6.07) is 5.24. The predicted octanol–water partition coefficient (Wildman–Crippen LogP) is 3.62. The van der Waals surface area contributed by atoms with E-state index < -0.39 is 17.9 Å². The van der Waals surface area contributed by atoms with Gasteiger partial charge in [-0.25, -0.2) is 0 Å². The average Bonchev–Trinajstić information content (AvgIpc) is 2.85. The normalized spacial score (nSPS) is 11.4. The van der Waals surface area contributed by atoms with E-state index in [2.05, 4.69) is 14.3 Å². The highest BCUT2D eigenvalue weighted by Crippen LogP contribution is 2.29. The van der Waals surface area contributed by atoms with Gasteiger partial charge in [0.2, 0.25) is 5.78 Å². The molecule has 0 atom stereocenters. The van der Waals surface area contributed by atoms with Crippen molar-refractivity contribution in [3.63, 3.8) is 0 Å². The Kier molecular flexibility index (Phi) is 4.56. The van der Waals surface area contributed by atoms with Crippen molar-refractivity contribution >= 4 is 17.3 Å². The molecule has 1 aromatic heterocycles. The Morgan fingerprint density at radius 2 is 2.05 bits per heavy atom. The maximum Gasteiger partial charge on any atom is 0.573 e. The monoisotopic (exact) mass is 316 g/mol. The third kappa shape index (κ3) is 3.78. The highest BCUT2D eigenvalue weighted by molar-refractivity contribution is 7.08. The van der Waals surface area contributed by atoms with Crippen molar-refractivity contribution in [3.05, 3.63) is 40.4 Å². The SMILES string of the molecule is CCCc1nnsc1C(=O)c1ccccc1OC(F)(F)F. The van der Waals surface area contributed by atoms with Gasteiger partial charge in [0, 0.05) is 0 Å². The van der Waals surface area contributed by atoms with E-state index >= 15 is 0 Å². The molecule has 1 aromatic carbocycles. The Bertz CT molecular complexity index is 640. The fourth-order valence-corrected chi connectivity index (χ4v) is 2.43. The summed E-state index contributed by atoms with van der Waals surface area (Å²) in [5.41, 5.74) is 0.340. The number of ether oxygens (including phenoxy) is 1. The molecule has 0 N–H and O–H groups in total. The van der Waals surface area contributed by atoms with Crippen LogP contribution in [0.1, 0.15) is 34.3 Å². The number of para-hydroxylation sites is 1. The third-order valence-electron chi connectivity index (χ3n) is 2.61. The summed E-state index contributed by atoms with van der Waals surface area (Å²) in [4.78, 5) is 12.6. The Morgan fingerprint density at radius 1 is 1.33 bits per heavy atom. The van der Waals surface area contributed by atoms with Crippen molar-refractivity contribution in [1.29, 1.82) is 0 Å². The largest absolute Gasteiger partial charge is 0.573 e.